The van der Waals surface area contributed by atoms with Gasteiger partial charge < -0.3 is 25.6 Å². The number of nitrogens with two attached hydrogens (primary N) is 1. The predicted octanol–water partition coefficient (Wildman–Crippen LogP) is 1.50. The second kappa shape index (κ2) is 8.42. The average molecular weight is 421 g/mol. The Labute approximate surface area is 148 Å². The molecule has 0 bridgehead atoms. The van der Waals surface area contributed by atoms with Crippen molar-refractivity contribution in [1.29, 1.82) is 0 Å². The van der Waals surface area contributed by atoms with Gasteiger partial charge in [-0.2, -0.15) is 0 Å². The van der Waals surface area contributed by atoms with E-state index in [1.165, 1.54) is 0 Å². The number of aliphatic hydroxyl groups is 1. The molecule has 6 nitrogen and oxygen atoms in total. The van der Waals surface area contributed by atoms with E-state index in [-0.39, 0.29) is 36.0 Å². The fourth-order valence-electron chi connectivity index (χ4n) is 2.06. The highest BCUT2D eigenvalue weighted by molar-refractivity contribution is 14.0. The molecule has 0 amide bonds. The molecule has 7 heteroatoms. The molecule has 4 N–H and O–H groups in total. The third-order valence-corrected chi connectivity index (χ3v) is 3.82. The Kier molecular flexibility index (Phi) is 7.21. The molecular formula is C15H24IN3O3. The smallest absolute Gasteiger partial charge is 0.188 e. The molecule has 0 heterocycles. The first-order valence-electron chi connectivity index (χ1n) is 6.98. The van der Waals surface area contributed by atoms with Crippen molar-refractivity contribution in [3.05, 3.63) is 23.8 Å². The molecule has 0 aliphatic heterocycles. The lowest BCUT2D eigenvalue weighted by atomic mass is 10.1. The molecular weight excluding hydrogens is 397 g/mol. The van der Waals surface area contributed by atoms with E-state index in [4.69, 9.17) is 15.2 Å². The lowest BCUT2D eigenvalue weighted by molar-refractivity contribution is 0.212. The first-order valence-corrected chi connectivity index (χ1v) is 6.98. The first-order chi connectivity index (χ1) is 10.1. The van der Waals surface area contributed by atoms with Crippen molar-refractivity contribution in [2.45, 2.75) is 19.4 Å². The van der Waals surface area contributed by atoms with Crippen LogP contribution in [0.4, 0.5) is 0 Å². The minimum absolute atomic E-state index is 0. The number of hydrogen-bond donors (Lipinski definition) is 3. The number of benzene rings is 1. The maximum Gasteiger partial charge on any atom is 0.188 e. The van der Waals surface area contributed by atoms with E-state index in [1.54, 1.807) is 14.2 Å². The third kappa shape index (κ3) is 4.91. The monoisotopic (exact) mass is 421 g/mol. The van der Waals surface area contributed by atoms with Gasteiger partial charge in [-0.05, 0) is 30.5 Å². The summed E-state index contributed by atoms with van der Waals surface area (Å²) in [6.45, 7) is 1.33. The van der Waals surface area contributed by atoms with E-state index in [9.17, 15) is 5.11 Å². The lowest BCUT2D eigenvalue weighted by Gasteiger charge is -2.13. The SMILES string of the molecule is COc1ccc(CN=C(N)NCC2(CO)CC2)cc1OC.I. The molecule has 1 aliphatic carbocycles. The summed E-state index contributed by atoms with van der Waals surface area (Å²) in [5, 5.41) is 12.3. The molecule has 124 valence electrons. The Morgan fingerprint density at radius 3 is 2.55 bits per heavy atom. The summed E-state index contributed by atoms with van der Waals surface area (Å²) in [6.07, 6.45) is 2.08. The van der Waals surface area contributed by atoms with Crippen LogP contribution < -0.4 is 20.5 Å². The summed E-state index contributed by atoms with van der Waals surface area (Å²) in [6, 6.07) is 5.65. The fourth-order valence-corrected chi connectivity index (χ4v) is 2.06. The molecule has 0 atom stereocenters. The number of ether oxygens (including phenoxy) is 2. The van der Waals surface area contributed by atoms with Crippen LogP contribution in [-0.2, 0) is 6.54 Å². The number of hydrogen-bond acceptors (Lipinski definition) is 4. The van der Waals surface area contributed by atoms with Crippen molar-refractivity contribution in [3.63, 3.8) is 0 Å². The summed E-state index contributed by atoms with van der Waals surface area (Å²) in [5.41, 5.74) is 6.84. The Balaban J connectivity index is 0.00000242. The topological polar surface area (TPSA) is 89.1 Å². The number of rotatable bonds is 7. The molecule has 1 aromatic carbocycles. The standard InChI is InChI=1S/C15H23N3O3.HI/c1-20-12-4-3-11(7-13(12)21-2)8-17-14(16)18-9-15(10-19)5-6-15;/h3-4,7,19H,5-6,8-10H2,1-2H3,(H3,16,17,18);1H. The van der Waals surface area contributed by atoms with Crippen LogP contribution in [0.1, 0.15) is 18.4 Å². The largest absolute Gasteiger partial charge is 0.493 e. The highest BCUT2D eigenvalue weighted by Crippen LogP contribution is 2.44. The van der Waals surface area contributed by atoms with Crippen LogP contribution in [0.25, 0.3) is 0 Å². The zero-order chi connectivity index (χ0) is 15.3. The van der Waals surface area contributed by atoms with Gasteiger partial charge in [0.05, 0.1) is 27.4 Å². The van der Waals surface area contributed by atoms with Crippen molar-refractivity contribution in [2.75, 3.05) is 27.4 Å². The quantitative estimate of drug-likeness (QED) is 0.353. The van der Waals surface area contributed by atoms with Gasteiger partial charge in [0.15, 0.2) is 17.5 Å². The summed E-state index contributed by atoms with van der Waals surface area (Å²) in [7, 11) is 3.21. The van der Waals surface area contributed by atoms with Gasteiger partial charge in [0.2, 0.25) is 0 Å². The number of methoxy groups -OCH3 is 2. The van der Waals surface area contributed by atoms with Crippen LogP contribution in [-0.4, -0.2) is 38.4 Å². The molecule has 1 fully saturated rings. The van der Waals surface area contributed by atoms with Crippen LogP contribution >= 0.6 is 24.0 Å². The van der Waals surface area contributed by atoms with E-state index < -0.39 is 0 Å². The minimum atomic E-state index is 0. The maximum absolute atomic E-state index is 9.24. The number of aliphatic imine (C=N–C) groups is 1. The lowest BCUT2D eigenvalue weighted by Crippen LogP contribution is -2.37. The molecule has 22 heavy (non-hydrogen) atoms. The number of guanidine groups is 1. The summed E-state index contributed by atoms with van der Waals surface area (Å²) < 4.78 is 10.4. The van der Waals surface area contributed by atoms with Gasteiger partial charge in [-0.15, -0.1) is 24.0 Å². The van der Waals surface area contributed by atoms with Crippen LogP contribution in [0, 0.1) is 5.41 Å². The number of aliphatic hydroxyl groups excluding tert-OH is 1. The van der Waals surface area contributed by atoms with Crippen molar-refractivity contribution in [2.24, 2.45) is 16.1 Å². The summed E-state index contributed by atoms with van der Waals surface area (Å²) in [4.78, 5) is 4.30. The predicted molar refractivity (Wildman–Crippen MR) is 97.0 cm³/mol. The van der Waals surface area contributed by atoms with E-state index >= 15 is 0 Å². The van der Waals surface area contributed by atoms with Crippen LogP contribution in [0.5, 0.6) is 11.5 Å². The Bertz CT molecular complexity index is 519. The molecule has 0 unspecified atom stereocenters. The molecule has 2 rings (SSSR count). The van der Waals surface area contributed by atoms with E-state index in [2.05, 4.69) is 10.3 Å². The molecule has 1 saturated carbocycles. The van der Waals surface area contributed by atoms with E-state index in [0.717, 1.165) is 18.4 Å². The van der Waals surface area contributed by atoms with Gasteiger partial charge in [-0.1, -0.05) is 6.07 Å². The maximum atomic E-state index is 9.24. The molecule has 0 aromatic heterocycles. The second-order valence-corrected chi connectivity index (χ2v) is 5.40. The average Bonchev–Trinajstić information content (AvgIpc) is 3.31. The van der Waals surface area contributed by atoms with Gasteiger partial charge in [0.1, 0.15) is 0 Å². The van der Waals surface area contributed by atoms with Crippen molar-refractivity contribution in [3.8, 4) is 11.5 Å². The van der Waals surface area contributed by atoms with Crippen molar-refractivity contribution >= 4 is 29.9 Å². The third-order valence-electron chi connectivity index (χ3n) is 3.82. The molecule has 1 aromatic rings. The molecule has 1 aliphatic rings. The van der Waals surface area contributed by atoms with E-state index in [0.29, 0.717) is 30.5 Å². The fraction of sp³-hybridized carbons (Fsp3) is 0.533. The normalized spacial score (nSPS) is 15.7. The molecule has 0 radical (unpaired) electrons. The van der Waals surface area contributed by atoms with Crippen LogP contribution in [0.3, 0.4) is 0 Å². The van der Waals surface area contributed by atoms with E-state index in [1.807, 2.05) is 18.2 Å². The van der Waals surface area contributed by atoms with Gasteiger partial charge in [0, 0.05) is 12.0 Å². The second-order valence-electron chi connectivity index (χ2n) is 5.40. The Morgan fingerprint density at radius 1 is 1.32 bits per heavy atom. The molecule has 0 spiro atoms. The highest BCUT2D eigenvalue weighted by atomic mass is 127. The van der Waals surface area contributed by atoms with Crippen molar-refractivity contribution in [1.82, 2.24) is 5.32 Å². The number of nitrogens with one attached hydrogen (secondary N) is 1. The summed E-state index contributed by atoms with van der Waals surface area (Å²) >= 11 is 0. The number of halogens is 1. The highest BCUT2D eigenvalue weighted by Gasteiger charge is 2.41. The van der Waals surface area contributed by atoms with Crippen LogP contribution in [0.2, 0.25) is 0 Å². The van der Waals surface area contributed by atoms with Gasteiger partial charge in [-0.25, -0.2) is 4.99 Å². The van der Waals surface area contributed by atoms with Crippen molar-refractivity contribution < 1.29 is 14.6 Å². The van der Waals surface area contributed by atoms with Gasteiger partial charge in [-0.3, -0.25) is 0 Å². The Morgan fingerprint density at radius 2 is 2.00 bits per heavy atom. The zero-order valence-corrected chi connectivity index (χ0v) is 15.3. The number of nitrogens with zero attached hydrogens (tertiary/aromatic N) is 1. The Hall–Kier alpha value is -1.22. The summed E-state index contributed by atoms with van der Waals surface area (Å²) in [5.74, 6) is 1.76. The van der Waals surface area contributed by atoms with Gasteiger partial charge in [0.25, 0.3) is 0 Å². The first kappa shape index (κ1) is 18.8. The van der Waals surface area contributed by atoms with Gasteiger partial charge >= 0.3 is 0 Å². The van der Waals surface area contributed by atoms with Crippen LogP contribution in [0.15, 0.2) is 23.2 Å². The minimum Gasteiger partial charge on any atom is -0.493 e. The molecule has 0 saturated heterocycles. The zero-order valence-electron chi connectivity index (χ0n) is 13.0.